The topological polar surface area (TPSA) is 207 Å². The molecule has 8 N–H and O–H groups in total. The lowest BCUT2D eigenvalue weighted by Gasteiger charge is -2.07. The second-order valence-electron chi connectivity index (χ2n) is 3.78. The van der Waals surface area contributed by atoms with Gasteiger partial charge in [0.25, 0.3) is 0 Å². The summed E-state index contributed by atoms with van der Waals surface area (Å²) in [6.07, 6.45) is -1.15. The van der Waals surface area contributed by atoms with Crippen molar-refractivity contribution < 1.29 is 39.9 Å². The van der Waals surface area contributed by atoms with Crippen molar-refractivity contribution in [1.82, 2.24) is 9.97 Å². The molecule has 0 aliphatic rings. The molecule has 0 spiro atoms. The quantitative estimate of drug-likeness (QED) is 0.288. The zero-order valence-corrected chi connectivity index (χ0v) is 10.6. The van der Waals surface area contributed by atoms with Crippen LogP contribution in [0.1, 0.15) is 5.69 Å². The normalized spacial score (nSPS) is 14.2. The van der Waals surface area contributed by atoms with E-state index in [4.69, 9.17) is 31.3 Å². The van der Waals surface area contributed by atoms with Gasteiger partial charge in [-0.2, -0.15) is 0 Å². The summed E-state index contributed by atoms with van der Waals surface area (Å²) in [5, 5.41) is 40.9. The Balaban J connectivity index is 0.000000384. The minimum atomic E-state index is -2.27. The SMILES string of the molecule is NC(Cc1c[nH]cn1)C(=O)O.O=C(O)C(O)C(O)C(=O)O. The summed E-state index contributed by atoms with van der Waals surface area (Å²) in [5.41, 5.74) is 5.92. The van der Waals surface area contributed by atoms with Gasteiger partial charge < -0.3 is 36.3 Å². The summed E-state index contributed by atoms with van der Waals surface area (Å²) < 4.78 is 0. The minimum absolute atomic E-state index is 0.263. The average molecular weight is 305 g/mol. The molecule has 0 aliphatic carbocycles. The number of rotatable bonds is 6. The van der Waals surface area contributed by atoms with Crippen LogP contribution >= 0.6 is 0 Å². The summed E-state index contributed by atoms with van der Waals surface area (Å²) >= 11 is 0. The molecule has 1 heterocycles. The molecule has 1 aromatic heterocycles. The largest absolute Gasteiger partial charge is 0.480 e. The van der Waals surface area contributed by atoms with Crippen molar-refractivity contribution in [2.75, 3.05) is 0 Å². The average Bonchev–Trinajstić information content (AvgIpc) is 2.90. The molecule has 3 unspecified atom stereocenters. The lowest BCUT2D eigenvalue weighted by Crippen LogP contribution is -2.39. The van der Waals surface area contributed by atoms with E-state index in [1.165, 1.54) is 6.33 Å². The number of carbonyl (C=O) groups is 3. The first-order valence-corrected chi connectivity index (χ1v) is 5.44. The Bertz CT molecular complexity index is 457. The molecule has 0 aliphatic heterocycles. The molecule has 0 radical (unpaired) electrons. The zero-order valence-electron chi connectivity index (χ0n) is 10.6. The lowest BCUT2D eigenvalue weighted by atomic mass is 10.2. The van der Waals surface area contributed by atoms with E-state index in [-0.39, 0.29) is 6.42 Å². The Morgan fingerprint density at radius 2 is 1.57 bits per heavy atom. The van der Waals surface area contributed by atoms with Gasteiger partial charge in [0.2, 0.25) is 0 Å². The molecule has 1 rings (SSSR count). The Labute approximate surface area is 117 Å². The summed E-state index contributed by atoms with van der Waals surface area (Å²) in [5.74, 6) is -4.54. The monoisotopic (exact) mass is 305 g/mol. The van der Waals surface area contributed by atoms with Gasteiger partial charge in [-0.15, -0.1) is 0 Å². The van der Waals surface area contributed by atoms with Crippen molar-refractivity contribution in [3.8, 4) is 0 Å². The first-order valence-electron chi connectivity index (χ1n) is 5.44. The molecule has 21 heavy (non-hydrogen) atoms. The van der Waals surface area contributed by atoms with Gasteiger partial charge in [-0.05, 0) is 0 Å². The van der Waals surface area contributed by atoms with E-state index in [0.717, 1.165) is 0 Å². The number of H-pyrrole nitrogens is 1. The van der Waals surface area contributed by atoms with Crippen LogP contribution in [0.5, 0.6) is 0 Å². The maximum Gasteiger partial charge on any atom is 0.335 e. The number of carboxylic acid groups (broad SMARTS) is 3. The maximum atomic E-state index is 10.3. The standard InChI is InChI=1S/C6H9N3O2.C4H6O6/c7-5(6(10)11)1-4-2-8-3-9-4;5-1(3(7)8)2(6)4(9)10/h2-3,5H,1,7H2,(H,8,9)(H,10,11);1-2,5-6H,(H,7,8)(H,9,10). The summed E-state index contributed by atoms with van der Waals surface area (Å²) in [4.78, 5) is 36.4. The number of aromatic amines is 1. The van der Waals surface area contributed by atoms with Gasteiger partial charge in [-0.25, -0.2) is 14.6 Å². The third-order valence-corrected chi connectivity index (χ3v) is 2.11. The number of aliphatic carboxylic acids is 3. The number of hydrogen-bond acceptors (Lipinski definition) is 7. The molecular weight excluding hydrogens is 290 g/mol. The van der Waals surface area contributed by atoms with Gasteiger partial charge in [0, 0.05) is 12.6 Å². The highest BCUT2D eigenvalue weighted by atomic mass is 16.4. The van der Waals surface area contributed by atoms with Crippen LogP contribution in [0.25, 0.3) is 0 Å². The van der Waals surface area contributed by atoms with Crippen molar-refractivity contribution >= 4 is 17.9 Å². The number of aliphatic hydroxyl groups excluding tert-OH is 2. The predicted molar refractivity (Wildman–Crippen MR) is 65.2 cm³/mol. The van der Waals surface area contributed by atoms with Crippen molar-refractivity contribution in [3.63, 3.8) is 0 Å². The number of nitrogens with zero attached hydrogens (tertiary/aromatic N) is 1. The lowest BCUT2D eigenvalue weighted by molar-refractivity contribution is -0.165. The van der Waals surface area contributed by atoms with Crippen LogP contribution in [0.4, 0.5) is 0 Å². The minimum Gasteiger partial charge on any atom is -0.480 e. The Morgan fingerprint density at radius 1 is 1.10 bits per heavy atom. The smallest absolute Gasteiger partial charge is 0.335 e. The van der Waals surface area contributed by atoms with E-state index in [2.05, 4.69) is 9.97 Å². The maximum absolute atomic E-state index is 10.3. The van der Waals surface area contributed by atoms with Crippen LogP contribution < -0.4 is 5.73 Å². The molecule has 11 heteroatoms. The molecule has 118 valence electrons. The molecular formula is C10H15N3O8. The first-order chi connectivity index (χ1) is 9.66. The Kier molecular flexibility index (Phi) is 7.60. The molecule has 0 fully saturated rings. The van der Waals surface area contributed by atoms with Gasteiger partial charge in [0.05, 0.1) is 12.0 Å². The fourth-order valence-electron chi connectivity index (χ4n) is 0.985. The van der Waals surface area contributed by atoms with E-state index in [0.29, 0.717) is 5.69 Å². The van der Waals surface area contributed by atoms with Crippen LogP contribution in [0, 0.1) is 0 Å². The number of hydrogen-bond donors (Lipinski definition) is 7. The fraction of sp³-hybridized carbons (Fsp3) is 0.400. The predicted octanol–water partition coefficient (Wildman–Crippen LogP) is -2.76. The molecule has 0 aromatic carbocycles. The third kappa shape index (κ3) is 7.00. The Morgan fingerprint density at radius 3 is 1.86 bits per heavy atom. The second-order valence-corrected chi connectivity index (χ2v) is 3.78. The highest BCUT2D eigenvalue weighted by Crippen LogP contribution is 1.95. The van der Waals surface area contributed by atoms with Crippen molar-refractivity contribution in [3.05, 3.63) is 18.2 Å². The van der Waals surface area contributed by atoms with Gasteiger partial charge in [0.15, 0.2) is 12.2 Å². The van der Waals surface area contributed by atoms with Gasteiger partial charge in [-0.1, -0.05) is 0 Å². The van der Waals surface area contributed by atoms with Crippen LogP contribution in [0.3, 0.4) is 0 Å². The fourth-order valence-corrected chi connectivity index (χ4v) is 0.985. The molecule has 11 nitrogen and oxygen atoms in total. The molecule has 0 bridgehead atoms. The third-order valence-electron chi connectivity index (χ3n) is 2.11. The van der Waals surface area contributed by atoms with E-state index >= 15 is 0 Å². The molecule has 0 amide bonds. The van der Waals surface area contributed by atoms with Crippen molar-refractivity contribution in [2.24, 2.45) is 5.73 Å². The molecule has 1 aromatic rings. The van der Waals surface area contributed by atoms with Crippen molar-refractivity contribution in [1.29, 1.82) is 0 Å². The number of nitrogens with one attached hydrogen (secondary N) is 1. The van der Waals surface area contributed by atoms with Gasteiger partial charge >= 0.3 is 17.9 Å². The molecule has 3 atom stereocenters. The number of aliphatic hydroxyl groups is 2. The summed E-state index contributed by atoms with van der Waals surface area (Å²) in [6.45, 7) is 0. The Hall–Kier alpha value is -2.50. The van der Waals surface area contributed by atoms with E-state index in [1.807, 2.05) is 0 Å². The molecule has 0 saturated carbocycles. The van der Waals surface area contributed by atoms with Crippen LogP contribution in [-0.4, -0.2) is 71.7 Å². The van der Waals surface area contributed by atoms with Gasteiger partial charge in [-0.3, -0.25) is 4.79 Å². The van der Waals surface area contributed by atoms with E-state index < -0.39 is 36.2 Å². The number of nitrogens with two attached hydrogens (primary N) is 1. The number of imidazole rings is 1. The molecule has 0 saturated heterocycles. The zero-order chi connectivity index (χ0) is 16.6. The first kappa shape index (κ1) is 18.5. The van der Waals surface area contributed by atoms with E-state index in [9.17, 15) is 14.4 Å². The van der Waals surface area contributed by atoms with E-state index in [1.54, 1.807) is 6.20 Å². The highest BCUT2D eigenvalue weighted by molar-refractivity contribution is 5.83. The summed E-state index contributed by atoms with van der Waals surface area (Å²) in [7, 11) is 0. The second kappa shape index (κ2) is 8.63. The van der Waals surface area contributed by atoms with Gasteiger partial charge in [0.1, 0.15) is 6.04 Å². The summed E-state index contributed by atoms with van der Waals surface area (Å²) in [6, 6.07) is -0.863. The number of aromatic nitrogens is 2. The van der Waals surface area contributed by atoms with Crippen LogP contribution in [0.15, 0.2) is 12.5 Å². The van der Waals surface area contributed by atoms with Crippen LogP contribution in [0.2, 0.25) is 0 Å². The highest BCUT2D eigenvalue weighted by Gasteiger charge is 2.29. The number of carboxylic acids is 3. The van der Waals surface area contributed by atoms with Crippen molar-refractivity contribution in [2.45, 2.75) is 24.7 Å². The van der Waals surface area contributed by atoms with Crippen LogP contribution in [-0.2, 0) is 20.8 Å².